The van der Waals surface area contributed by atoms with Crippen molar-refractivity contribution in [2.75, 3.05) is 24.5 Å². The van der Waals surface area contributed by atoms with Gasteiger partial charge in [0.15, 0.2) is 0 Å². The van der Waals surface area contributed by atoms with Crippen LogP contribution in [-0.4, -0.2) is 51.3 Å². The molecule has 7 heteroatoms. The molecule has 1 aromatic heterocycles. The Balaban J connectivity index is 1.24. The first-order valence-corrected chi connectivity index (χ1v) is 11.1. The van der Waals surface area contributed by atoms with Crippen LogP contribution < -0.4 is 4.90 Å². The predicted molar refractivity (Wildman–Crippen MR) is 122 cm³/mol. The summed E-state index contributed by atoms with van der Waals surface area (Å²) in [6.45, 7) is 5.82. The number of rotatable bonds is 4. The largest absolute Gasteiger partial charge is 0.340 e. The maximum Gasteiger partial charge on any atom is 0.228 e. The lowest BCUT2D eigenvalue weighted by molar-refractivity contribution is -0.134. The van der Waals surface area contributed by atoms with Crippen molar-refractivity contribution in [3.8, 4) is 11.3 Å². The molecule has 7 nitrogen and oxygen atoms in total. The first-order valence-electron chi connectivity index (χ1n) is 11.1. The zero-order valence-corrected chi connectivity index (χ0v) is 18.4. The van der Waals surface area contributed by atoms with Gasteiger partial charge in [-0.3, -0.25) is 9.59 Å². The van der Waals surface area contributed by atoms with Gasteiger partial charge in [0, 0.05) is 37.3 Å². The number of carbonyl (C=O) groups excluding carboxylic acids is 2. The lowest BCUT2D eigenvalue weighted by atomic mass is 10.1. The van der Waals surface area contributed by atoms with Crippen LogP contribution in [0.4, 0.5) is 5.69 Å². The van der Waals surface area contributed by atoms with E-state index in [1.54, 1.807) is 4.90 Å². The lowest BCUT2D eigenvalue weighted by Gasteiger charge is -2.21. The lowest BCUT2D eigenvalue weighted by Crippen LogP contribution is -2.36. The van der Waals surface area contributed by atoms with Crippen LogP contribution in [0.25, 0.3) is 11.3 Å². The molecule has 164 valence electrons. The molecule has 0 radical (unpaired) electrons. The topological polar surface area (TPSA) is 71.3 Å². The van der Waals surface area contributed by atoms with Crippen LogP contribution in [0.15, 0.2) is 54.7 Å². The summed E-state index contributed by atoms with van der Waals surface area (Å²) in [6, 6.07) is 16.1. The maximum atomic E-state index is 13.2. The Morgan fingerprint density at radius 2 is 1.84 bits per heavy atom. The van der Waals surface area contributed by atoms with Crippen LogP contribution in [-0.2, 0) is 9.59 Å². The van der Waals surface area contributed by atoms with E-state index in [1.165, 1.54) is 5.56 Å². The number of carbonyl (C=O) groups is 2. The van der Waals surface area contributed by atoms with Gasteiger partial charge in [0.25, 0.3) is 0 Å². The Bertz CT molecular complexity index is 1160. The highest BCUT2D eigenvalue weighted by Crippen LogP contribution is 2.30. The van der Waals surface area contributed by atoms with Crippen LogP contribution in [0.3, 0.4) is 0 Å². The number of hydrogen-bond donors (Lipinski definition) is 0. The number of hydrogen-bond acceptors (Lipinski definition) is 4. The number of nitrogens with zero attached hydrogens (tertiary/aromatic N) is 5. The third-order valence-corrected chi connectivity index (χ3v) is 6.71. The Labute approximate surface area is 187 Å². The Morgan fingerprint density at radius 1 is 1.03 bits per heavy atom. The van der Waals surface area contributed by atoms with E-state index in [2.05, 4.69) is 17.2 Å². The molecule has 2 saturated heterocycles. The average molecular weight is 430 g/mol. The maximum absolute atomic E-state index is 13.2. The van der Waals surface area contributed by atoms with Crippen LogP contribution >= 0.6 is 0 Å². The fourth-order valence-corrected chi connectivity index (χ4v) is 4.63. The van der Waals surface area contributed by atoms with Gasteiger partial charge in [-0.15, -0.1) is 5.10 Å². The Kier molecular flexibility index (Phi) is 5.25. The van der Waals surface area contributed by atoms with Gasteiger partial charge in [0.05, 0.1) is 18.2 Å². The minimum absolute atomic E-state index is 0.0196. The molecule has 2 atom stereocenters. The number of aromatic nitrogens is 3. The van der Waals surface area contributed by atoms with Crippen LogP contribution in [0.1, 0.15) is 30.0 Å². The molecule has 0 saturated carbocycles. The molecule has 0 aliphatic carbocycles. The molecule has 2 aromatic carbocycles. The minimum atomic E-state index is -0.293. The van der Waals surface area contributed by atoms with Crippen LogP contribution in [0.5, 0.6) is 0 Å². The number of benzene rings is 2. The van der Waals surface area contributed by atoms with E-state index in [-0.39, 0.29) is 30.2 Å². The van der Waals surface area contributed by atoms with E-state index in [9.17, 15) is 9.59 Å². The van der Waals surface area contributed by atoms with Crippen LogP contribution in [0, 0.1) is 19.8 Å². The minimum Gasteiger partial charge on any atom is -0.340 e. The molecule has 3 heterocycles. The van der Waals surface area contributed by atoms with Gasteiger partial charge in [0.2, 0.25) is 11.8 Å². The molecule has 2 aliphatic rings. The molecular weight excluding hydrogens is 402 g/mol. The smallest absolute Gasteiger partial charge is 0.228 e. The molecule has 32 heavy (non-hydrogen) atoms. The summed E-state index contributed by atoms with van der Waals surface area (Å²) in [4.78, 5) is 29.5. The van der Waals surface area contributed by atoms with E-state index in [4.69, 9.17) is 0 Å². The van der Waals surface area contributed by atoms with E-state index >= 15 is 0 Å². The van der Waals surface area contributed by atoms with Gasteiger partial charge in [-0.25, -0.2) is 4.68 Å². The molecule has 2 aliphatic heterocycles. The molecule has 0 N–H and O–H groups in total. The van der Waals surface area contributed by atoms with E-state index in [1.807, 2.05) is 71.2 Å². The fraction of sp³-hybridized carbons (Fsp3) is 0.360. The quantitative estimate of drug-likeness (QED) is 0.637. The second-order valence-electron chi connectivity index (χ2n) is 8.85. The normalized spacial score (nSPS) is 20.9. The highest BCUT2D eigenvalue weighted by atomic mass is 16.2. The standard InChI is InChI=1S/C25H27N5O2/c1-17-8-9-21(12-18(17)2)29-14-20(13-24(29)31)25(32)28-11-10-22(15-28)30-16-23(26-27-30)19-6-4-3-5-7-19/h3-9,12,16,20,22H,10-11,13-15H2,1-2H3. The summed E-state index contributed by atoms with van der Waals surface area (Å²) in [7, 11) is 0. The molecule has 2 unspecified atom stereocenters. The van der Waals surface area contributed by atoms with Gasteiger partial charge in [-0.05, 0) is 43.5 Å². The zero-order chi connectivity index (χ0) is 22.2. The zero-order valence-electron chi connectivity index (χ0n) is 18.4. The first kappa shape index (κ1) is 20.4. The summed E-state index contributed by atoms with van der Waals surface area (Å²) in [6.07, 6.45) is 3.06. The Hall–Kier alpha value is -3.48. The highest BCUT2D eigenvalue weighted by molar-refractivity contribution is 6.00. The molecule has 5 rings (SSSR count). The second-order valence-corrected chi connectivity index (χ2v) is 8.85. The average Bonchev–Trinajstić information content (AvgIpc) is 3.55. The van der Waals surface area contributed by atoms with Gasteiger partial charge in [-0.2, -0.15) is 0 Å². The van der Waals surface area contributed by atoms with Gasteiger partial charge < -0.3 is 9.80 Å². The van der Waals surface area contributed by atoms with Crippen molar-refractivity contribution in [1.29, 1.82) is 0 Å². The molecule has 2 fully saturated rings. The van der Waals surface area contributed by atoms with Gasteiger partial charge in [0.1, 0.15) is 5.69 Å². The number of amides is 2. The van der Waals surface area contributed by atoms with Crippen molar-refractivity contribution in [1.82, 2.24) is 19.9 Å². The summed E-state index contributed by atoms with van der Waals surface area (Å²) in [5.74, 6) is -0.208. The van der Waals surface area contributed by atoms with Crippen molar-refractivity contribution in [2.45, 2.75) is 32.7 Å². The van der Waals surface area contributed by atoms with Crippen LogP contribution in [0.2, 0.25) is 0 Å². The first-order chi connectivity index (χ1) is 15.5. The Morgan fingerprint density at radius 3 is 2.62 bits per heavy atom. The summed E-state index contributed by atoms with van der Waals surface area (Å²) in [5.41, 5.74) is 5.08. The SMILES string of the molecule is Cc1ccc(N2CC(C(=O)N3CCC(n4cc(-c5ccccc5)nn4)C3)CC2=O)cc1C. The summed E-state index contributed by atoms with van der Waals surface area (Å²) in [5, 5.41) is 8.61. The second kappa shape index (κ2) is 8.22. The molecule has 0 spiro atoms. The summed E-state index contributed by atoms with van der Waals surface area (Å²) < 4.78 is 1.87. The number of likely N-dealkylation sites (tertiary alicyclic amines) is 1. The third kappa shape index (κ3) is 3.79. The van der Waals surface area contributed by atoms with Crippen molar-refractivity contribution in [3.63, 3.8) is 0 Å². The predicted octanol–water partition coefficient (Wildman–Crippen LogP) is 3.39. The number of anilines is 1. The molecule has 2 amide bonds. The van der Waals surface area contributed by atoms with Crippen molar-refractivity contribution < 1.29 is 9.59 Å². The molecule has 0 bridgehead atoms. The van der Waals surface area contributed by atoms with Gasteiger partial charge in [-0.1, -0.05) is 41.6 Å². The number of aryl methyl sites for hydroxylation is 2. The van der Waals surface area contributed by atoms with Crippen molar-refractivity contribution >= 4 is 17.5 Å². The molecular formula is C25H27N5O2. The van der Waals surface area contributed by atoms with E-state index in [0.717, 1.165) is 28.9 Å². The summed E-state index contributed by atoms with van der Waals surface area (Å²) >= 11 is 0. The highest BCUT2D eigenvalue weighted by Gasteiger charge is 2.39. The van der Waals surface area contributed by atoms with Crippen molar-refractivity contribution in [3.05, 3.63) is 65.9 Å². The monoisotopic (exact) mass is 429 g/mol. The molecule has 3 aromatic rings. The van der Waals surface area contributed by atoms with E-state index in [0.29, 0.717) is 19.6 Å². The fourth-order valence-electron chi connectivity index (χ4n) is 4.63. The van der Waals surface area contributed by atoms with Gasteiger partial charge >= 0.3 is 0 Å². The third-order valence-electron chi connectivity index (χ3n) is 6.71. The van der Waals surface area contributed by atoms with Crippen molar-refractivity contribution in [2.24, 2.45) is 5.92 Å². The van der Waals surface area contributed by atoms with E-state index < -0.39 is 0 Å².